The predicted octanol–water partition coefficient (Wildman–Crippen LogP) is 15.6. The van der Waals surface area contributed by atoms with Gasteiger partial charge >= 0.3 is 0 Å². The van der Waals surface area contributed by atoms with Crippen molar-refractivity contribution in [2.45, 2.75) is 43.9 Å². The van der Waals surface area contributed by atoms with Crippen molar-refractivity contribution in [1.82, 2.24) is 4.57 Å². The van der Waals surface area contributed by atoms with E-state index in [9.17, 15) is 0 Å². The summed E-state index contributed by atoms with van der Waals surface area (Å²) >= 11 is 0. The molecule has 9 aromatic carbocycles. The van der Waals surface area contributed by atoms with Gasteiger partial charge in [0.15, 0.2) is 0 Å². The minimum atomic E-state index is -0.508. The number of benzene rings is 9. The Hall–Kier alpha value is -7.42. The summed E-state index contributed by atoms with van der Waals surface area (Å²) in [6.45, 7) is 9.56. The van der Waals surface area contributed by atoms with Crippen molar-refractivity contribution < 1.29 is 0 Å². The van der Waals surface area contributed by atoms with Crippen molar-refractivity contribution in [3.8, 4) is 27.9 Å². The first-order valence-corrected chi connectivity index (χ1v) is 22.4. The fourth-order valence-corrected chi connectivity index (χ4v) is 12.2. The van der Waals surface area contributed by atoms with Crippen LogP contribution in [-0.4, -0.2) is 4.57 Å². The molecule has 10 aromatic rings. The van der Waals surface area contributed by atoms with E-state index in [1.54, 1.807) is 0 Å². The highest BCUT2D eigenvalue weighted by Crippen LogP contribution is 2.61. The van der Waals surface area contributed by atoms with Gasteiger partial charge in [-0.05, 0) is 121 Å². The zero-order chi connectivity index (χ0) is 42.2. The molecular formula is C61H46N2. The van der Waals surface area contributed by atoms with Crippen molar-refractivity contribution in [2.75, 3.05) is 4.90 Å². The lowest BCUT2D eigenvalue weighted by Crippen LogP contribution is -2.44. The van der Waals surface area contributed by atoms with E-state index in [4.69, 9.17) is 0 Å². The molecule has 0 saturated carbocycles. The molecule has 13 rings (SSSR count). The Morgan fingerprint density at radius 1 is 0.349 bits per heavy atom. The SMILES string of the molecule is CC1(C)c2ccccc2-c2ccc(N(c3ccccc3)c3ccc(-c4ccc5c(c4)C(C)(C)c4ccccc4C54c5ccccc5-n5c6ccccc6c6cccc4c65)cc3)cc21. The summed E-state index contributed by atoms with van der Waals surface area (Å²) in [5.41, 5.74) is 22.4. The minimum absolute atomic E-state index is 0.0852. The van der Waals surface area contributed by atoms with Crippen LogP contribution in [0.15, 0.2) is 206 Å². The summed E-state index contributed by atoms with van der Waals surface area (Å²) in [6.07, 6.45) is 0. The molecule has 0 N–H and O–H groups in total. The van der Waals surface area contributed by atoms with Gasteiger partial charge in [-0.3, -0.25) is 0 Å². The maximum Gasteiger partial charge on any atom is 0.0748 e. The molecule has 1 atom stereocenters. The molecule has 2 aliphatic carbocycles. The van der Waals surface area contributed by atoms with Gasteiger partial charge in [0.05, 0.1) is 22.1 Å². The van der Waals surface area contributed by atoms with E-state index in [0.717, 1.165) is 17.1 Å². The number of anilines is 3. The molecule has 3 aliphatic rings. The Morgan fingerprint density at radius 3 is 1.75 bits per heavy atom. The lowest BCUT2D eigenvalue weighted by atomic mass is 9.53. The summed E-state index contributed by atoms with van der Waals surface area (Å²) in [6, 6.07) is 77.6. The summed E-state index contributed by atoms with van der Waals surface area (Å²) in [5, 5.41) is 2.59. The first-order valence-electron chi connectivity index (χ1n) is 22.4. The first kappa shape index (κ1) is 36.3. The molecule has 0 saturated heterocycles. The molecule has 0 amide bonds. The van der Waals surface area contributed by atoms with Gasteiger partial charge in [0, 0.05) is 38.7 Å². The van der Waals surface area contributed by atoms with Gasteiger partial charge < -0.3 is 9.47 Å². The lowest BCUT2D eigenvalue weighted by Gasteiger charge is -2.50. The van der Waals surface area contributed by atoms with Crippen LogP contribution in [0.2, 0.25) is 0 Å². The summed E-state index contributed by atoms with van der Waals surface area (Å²) in [4.78, 5) is 2.40. The van der Waals surface area contributed by atoms with Crippen LogP contribution >= 0.6 is 0 Å². The third-order valence-electron chi connectivity index (χ3n) is 15.0. The van der Waals surface area contributed by atoms with Gasteiger partial charge in [-0.2, -0.15) is 0 Å². The summed E-state index contributed by atoms with van der Waals surface area (Å²) in [7, 11) is 0. The molecular weight excluding hydrogens is 761 g/mol. The van der Waals surface area contributed by atoms with Crippen LogP contribution in [0.4, 0.5) is 17.1 Å². The van der Waals surface area contributed by atoms with E-state index in [0.29, 0.717) is 0 Å². The third-order valence-corrected chi connectivity index (χ3v) is 15.0. The van der Waals surface area contributed by atoms with Crippen LogP contribution in [0, 0.1) is 0 Å². The normalized spacial score (nSPS) is 16.9. The van der Waals surface area contributed by atoms with Crippen LogP contribution in [0.1, 0.15) is 72.2 Å². The Kier molecular flexibility index (Phi) is 7.37. The fourth-order valence-electron chi connectivity index (χ4n) is 12.2. The Morgan fingerprint density at radius 2 is 0.921 bits per heavy atom. The van der Waals surface area contributed by atoms with Gasteiger partial charge in [-0.25, -0.2) is 0 Å². The molecule has 2 heteroatoms. The Balaban J connectivity index is 0.978. The van der Waals surface area contributed by atoms with E-state index in [2.05, 4.69) is 243 Å². The van der Waals surface area contributed by atoms with Crippen molar-refractivity contribution in [3.05, 3.63) is 251 Å². The van der Waals surface area contributed by atoms with Gasteiger partial charge in [-0.15, -0.1) is 0 Å². The molecule has 2 nitrogen and oxygen atoms in total. The molecule has 0 fully saturated rings. The van der Waals surface area contributed by atoms with Crippen molar-refractivity contribution in [3.63, 3.8) is 0 Å². The third kappa shape index (κ3) is 4.73. The van der Waals surface area contributed by atoms with E-state index < -0.39 is 5.41 Å². The molecule has 2 heterocycles. The van der Waals surface area contributed by atoms with E-state index in [1.807, 2.05) is 0 Å². The Bertz CT molecular complexity index is 3510. The van der Waals surface area contributed by atoms with Crippen LogP contribution < -0.4 is 4.90 Å². The first-order chi connectivity index (χ1) is 30.8. The largest absolute Gasteiger partial charge is 0.310 e. The zero-order valence-electron chi connectivity index (χ0n) is 36.0. The average Bonchev–Trinajstić information content (AvgIpc) is 3.79. The zero-order valence-corrected chi connectivity index (χ0v) is 36.0. The molecule has 1 spiro atoms. The van der Waals surface area contributed by atoms with Crippen molar-refractivity contribution in [2.24, 2.45) is 0 Å². The monoisotopic (exact) mass is 806 g/mol. The highest BCUT2D eigenvalue weighted by atomic mass is 15.1. The number of hydrogen-bond donors (Lipinski definition) is 0. The summed E-state index contributed by atoms with van der Waals surface area (Å²) < 4.78 is 2.53. The molecule has 1 unspecified atom stereocenters. The number of aromatic nitrogens is 1. The van der Waals surface area contributed by atoms with Crippen molar-refractivity contribution in [1.29, 1.82) is 0 Å². The molecule has 1 aromatic heterocycles. The van der Waals surface area contributed by atoms with Crippen LogP contribution in [0.5, 0.6) is 0 Å². The maximum absolute atomic E-state index is 2.53. The van der Waals surface area contributed by atoms with E-state index in [-0.39, 0.29) is 10.8 Å². The minimum Gasteiger partial charge on any atom is -0.310 e. The van der Waals surface area contributed by atoms with Gasteiger partial charge in [0.1, 0.15) is 0 Å². The second kappa shape index (κ2) is 12.8. The summed E-state index contributed by atoms with van der Waals surface area (Å²) in [5.74, 6) is 0. The highest BCUT2D eigenvalue weighted by molar-refractivity contribution is 6.12. The van der Waals surface area contributed by atoms with Crippen molar-refractivity contribution >= 4 is 38.9 Å². The number of para-hydroxylation sites is 4. The molecule has 300 valence electrons. The molecule has 0 radical (unpaired) electrons. The highest BCUT2D eigenvalue weighted by Gasteiger charge is 2.52. The smallest absolute Gasteiger partial charge is 0.0748 e. The quantitative estimate of drug-likeness (QED) is 0.172. The second-order valence-corrected chi connectivity index (χ2v) is 18.9. The van der Waals surface area contributed by atoms with Crippen LogP contribution in [-0.2, 0) is 16.2 Å². The average molecular weight is 807 g/mol. The number of fused-ring (bicyclic) bond motifs is 14. The number of rotatable bonds is 4. The number of nitrogens with zero attached hydrogens (tertiary/aromatic N) is 2. The lowest BCUT2D eigenvalue weighted by molar-refractivity contribution is 0.556. The molecule has 1 aliphatic heterocycles. The van der Waals surface area contributed by atoms with Gasteiger partial charge in [0.2, 0.25) is 0 Å². The Labute approximate surface area is 369 Å². The maximum atomic E-state index is 2.53. The molecule has 0 bridgehead atoms. The van der Waals surface area contributed by atoms with Gasteiger partial charge in [-0.1, -0.05) is 179 Å². The number of hydrogen-bond acceptors (Lipinski definition) is 1. The van der Waals surface area contributed by atoms with Crippen LogP contribution in [0.25, 0.3) is 49.7 Å². The fraction of sp³-hybridized carbons (Fsp3) is 0.115. The van der Waals surface area contributed by atoms with E-state index >= 15 is 0 Å². The van der Waals surface area contributed by atoms with Crippen LogP contribution in [0.3, 0.4) is 0 Å². The van der Waals surface area contributed by atoms with E-state index in [1.165, 1.54) is 94.3 Å². The standard InChI is InChI=1S/C61H46N2/c1-59(2)48-22-10-8-19-44(48)45-35-34-43(38-54(45)59)62(41-17-6-5-7-18-41)42-32-29-39(30-33-42)40-31-36-51-55(37-40)60(3,4)49-23-11-12-24-50(49)61(51)52-25-13-15-28-57(52)63-56-27-14-9-20-46(56)47-21-16-26-53(61)58(47)63/h5-38H,1-4H3. The second-order valence-electron chi connectivity index (χ2n) is 18.9. The topological polar surface area (TPSA) is 8.17 Å². The molecule has 63 heavy (non-hydrogen) atoms. The van der Waals surface area contributed by atoms with Gasteiger partial charge in [0.25, 0.3) is 0 Å². The predicted molar refractivity (Wildman–Crippen MR) is 262 cm³/mol.